The number of hydrogen-bond donors (Lipinski definition) is 2. The first-order chi connectivity index (χ1) is 30.0. The number of hydrogen-bond acceptors (Lipinski definition) is 6. The third-order valence-corrected chi connectivity index (χ3v) is 12.1. The fourth-order valence-corrected chi connectivity index (χ4v) is 7.98. The van der Waals surface area contributed by atoms with Crippen LogP contribution in [-0.4, -0.2) is 47.1 Å². The lowest BCUT2D eigenvalue weighted by Gasteiger charge is -2.16. The zero-order chi connectivity index (χ0) is 44.5. The average molecular weight is 857 g/mol. The summed E-state index contributed by atoms with van der Waals surface area (Å²) in [7, 11) is 0. The molecule has 0 aliphatic carbocycles. The molecule has 0 radical (unpaired) electrons. The van der Waals surface area contributed by atoms with Crippen LogP contribution in [0, 0.1) is 5.92 Å². The normalized spacial score (nSPS) is 12.9. The SMILES string of the molecule is CCCCCC=CCC=CCCCCCCCC(=O)C(CCCCCCC=CCCCCCCCCC(=O)CCCCCCCCCCCCCCC)C(=O)OCC(O)CO. The molecule has 0 amide bonds. The van der Waals surface area contributed by atoms with Crippen LogP contribution in [0.5, 0.6) is 0 Å². The molecule has 2 unspecified atom stereocenters. The van der Waals surface area contributed by atoms with Crippen molar-refractivity contribution in [1.82, 2.24) is 0 Å². The van der Waals surface area contributed by atoms with Crippen molar-refractivity contribution in [3.63, 3.8) is 0 Å². The highest BCUT2D eigenvalue weighted by molar-refractivity contribution is 5.98. The number of aliphatic hydroxyl groups is 2. The van der Waals surface area contributed by atoms with Gasteiger partial charge in [-0.3, -0.25) is 14.4 Å². The molecule has 6 nitrogen and oxygen atoms in total. The monoisotopic (exact) mass is 857 g/mol. The van der Waals surface area contributed by atoms with Gasteiger partial charge in [0.25, 0.3) is 0 Å². The summed E-state index contributed by atoms with van der Waals surface area (Å²) in [6.07, 6.45) is 58.2. The maximum Gasteiger partial charge on any atom is 0.316 e. The molecule has 0 fully saturated rings. The van der Waals surface area contributed by atoms with E-state index in [-0.39, 0.29) is 12.4 Å². The summed E-state index contributed by atoms with van der Waals surface area (Å²) in [5, 5.41) is 18.7. The number of esters is 1. The lowest BCUT2D eigenvalue weighted by Crippen LogP contribution is -2.30. The summed E-state index contributed by atoms with van der Waals surface area (Å²) in [4.78, 5) is 38.2. The van der Waals surface area contributed by atoms with Crippen molar-refractivity contribution in [2.24, 2.45) is 5.92 Å². The molecule has 356 valence electrons. The lowest BCUT2D eigenvalue weighted by atomic mass is 9.93. The maximum absolute atomic E-state index is 13.1. The van der Waals surface area contributed by atoms with Gasteiger partial charge in [0.15, 0.2) is 0 Å². The fourth-order valence-electron chi connectivity index (χ4n) is 7.98. The van der Waals surface area contributed by atoms with Gasteiger partial charge in [0, 0.05) is 19.3 Å². The Morgan fingerprint density at radius 2 is 0.787 bits per heavy atom. The molecule has 2 N–H and O–H groups in total. The highest BCUT2D eigenvalue weighted by Gasteiger charge is 2.27. The number of ketones is 2. The van der Waals surface area contributed by atoms with Crippen molar-refractivity contribution in [2.75, 3.05) is 13.2 Å². The van der Waals surface area contributed by atoms with Gasteiger partial charge < -0.3 is 14.9 Å². The van der Waals surface area contributed by atoms with Crippen LogP contribution in [0.3, 0.4) is 0 Å². The predicted molar refractivity (Wildman–Crippen MR) is 261 cm³/mol. The van der Waals surface area contributed by atoms with Gasteiger partial charge in [-0.25, -0.2) is 0 Å². The van der Waals surface area contributed by atoms with E-state index in [4.69, 9.17) is 9.84 Å². The Morgan fingerprint density at radius 1 is 0.443 bits per heavy atom. The van der Waals surface area contributed by atoms with Gasteiger partial charge >= 0.3 is 5.97 Å². The molecular formula is C55H100O6. The second-order valence-corrected chi connectivity index (χ2v) is 18.1. The molecule has 2 atom stereocenters. The van der Waals surface area contributed by atoms with Crippen molar-refractivity contribution in [1.29, 1.82) is 0 Å². The molecule has 0 aliphatic heterocycles. The summed E-state index contributed by atoms with van der Waals surface area (Å²) >= 11 is 0. The molecule has 0 saturated heterocycles. The van der Waals surface area contributed by atoms with E-state index in [0.29, 0.717) is 18.6 Å². The average Bonchev–Trinajstić information content (AvgIpc) is 3.26. The number of unbranched alkanes of at least 4 members (excludes halogenated alkanes) is 30. The first-order valence-corrected chi connectivity index (χ1v) is 26.4. The summed E-state index contributed by atoms with van der Waals surface area (Å²) in [6, 6.07) is 0. The molecular weight excluding hydrogens is 757 g/mol. The van der Waals surface area contributed by atoms with Gasteiger partial charge in [-0.1, -0.05) is 204 Å². The number of rotatable bonds is 49. The number of aliphatic hydroxyl groups excluding tert-OH is 2. The van der Waals surface area contributed by atoms with Crippen LogP contribution < -0.4 is 0 Å². The minimum atomic E-state index is -1.12. The van der Waals surface area contributed by atoms with Crippen LogP contribution in [0.25, 0.3) is 0 Å². The van der Waals surface area contributed by atoms with Crippen LogP contribution in [-0.2, 0) is 19.1 Å². The zero-order valence-electron chi connectivity index (χ0n) is 40.3. The van der Waals surface area contributed by atoms with Crippen LogP contribution in [0.15, 0.2) is 36.5 Å². The van der Waals surface area contributed by atoms with E-state index in [0.717, 1.165) is 109 Å². The predicted octanol–water partition coefficient (Wildman–Crippen LogP) is 15.9. The quantitative estimate of drug-likeness (QED) is 0.0274. The number of allylic oxidation sites excluding steroid dienone is 6. The summed E-state index contributed by atoms with van der Waals surface area (Å²) in [6.45, 7) is 3.76. The maximum atomic E-state index is 13.1. The molecule has 0 aromatic carbocycles. The molecule has 0 aromatic heterocycles. The van der Waals surface area contributed by atoms with E-state index in [1.807, 2.05) is 0 Å². The third kappa shape index (κ3) is 44.4. The van der Waals surface area contributed by atoms with Gasteiger partial charge in [-0.05, 0) is 83.5 Å². The Balaban J connectivity index is 3.89. The first-order valence-electron chi connectivity index (χ1n) is 26.4. The molecule has 0 aromatic rings. The molecule has 0 bridgehead atoms. The van der Waals surface area contributed by atoms with Crippen molar-refractivity contribution >= 4 is 17.5 Å². The second-order valence-electron chi connectivity index (χ2n) is 18.1. The van der Waals surface area contributed by atoms with Gasteiger partial charge in [0.2, 0.25) is 0 Å². The topological polar surface area (TPSA) is 101 Å². The number of carbonyl (C=O) groups excluding carboxylic acids is 3. The minimum Gasteiger partial charge on any atom is -0.462 e. The fraction of sp³-hybridized carbons (Fsp3) is 0.836. The first kappa shape index (κ1) is 58.9. The lowest BCUT2D eigenvalue weighted by molar-refractivity contribution is -0.155. The number of Topliss-reactive ketones (excluding diaryl/α,β-unsaturated/α-hetero) is 2. The smallest absolute Gasteiger partial charge is 0.316 e. The van der Waals surface area contributed by atoms with Crippen molar-refractivity contribution in [2.45, 2.75) is 277 Å². The third-order valence-electron chi connectivity index (χ3n) is 12.1. The Kier molecular flexibility index (Phi) is 47.3. The molecule has 0 saturated carbocycles. The van der Waals surface area contributed by atoms with Crippen LogP contribution in [0.4, 0.5) is 0 Å². The van der Waals surface area contributed by atoms with Crippen molar-refractivity contribution in [3.8, 4) is 0 Å². The van der Waals surface area contributed by atoms with E-state index < -0.39 is 24.6 Å². The molecule has 0 spiro atoms. The summed E-state index contributed by atoms with van der Waals surface area (Å²) in [5.74, 6) is -0.920. The van der Waals surface area contributed by atoms with Gasteiger partial charge in [0.05, 0.1) is 6.61 Å². The summed E-state index contributed by atoms with van der Waals surface area (Å²) in [5.41, 5.74) is 0. The molecule has 0 aliphatic rings. The van der Waals surface area contributed by atoms with Crippen LogP contribution in [0.1, 0.15) is 271 Å². The number of carbonyl (C=O) groups is 3. The molecule has 6 heteroatoms. The van der Waals surface area contributed by atoms with Gasteiger partial charge in [-0.15, -0.1) is 0 Å². The highest BCUT2D eigenvalue weighted by atomic mass is 16.5. The largest absolute Gasteiger partial charge is 0.462 e. The van der Waals surface area contributed by atoms with E-state index in [1.165, 1.54) is 135 Å². The standard InChI is InChI=1S/C55H100O6/c1-3-5-7-9-11-13-15-17-18-24-28-32-36-40-44-48-54(59)53(55(60)61-50-52(58)49-56)47-43-39-35-31-27-23-20-19-22-26-30-34-38-42-46-51(57)45-41-37-33-29-25-21-16-14-12-10-8-6-4-2/h11,13,17-18,20,23,52-53,56,58H,3-10,12,14-16,19,21-22,24-50H2,1-2H3. The Hall–Kier alpha value is -2.05. The zero-order valence-corrected chi connectivity index (χ0v) is 40.3. The van der Waals surface area contributed by atoms with Crippen molar-refractivity contribution in [3.05, 3.63) is 36.5 Å². The van der Waals surface area contributed by atoms with E-state index in [9.17, 15) is 19.5 Å². The second kappa shape index (κ2) is 49.0. The number of ether oxygens (including phenoxy) is 1. The summed E-state index contributed by atoms with van der Waals surface area (Å²) < 4.78 is 5.23. The Labute approximate surface area is 378 Å². The van der Waals surface area contributed by atoms with E-state index in [1.54, 1.807) is 0 Å². The van der Waals surface area contributed by atoms with Crippen LogP contribution >= 0.6 is 0 Å². The molecule has 61 heavy (non-hydrogen) atoms. The molecule has 0 heterocycles. The van der Waals surface area contributed by atoms with Crippen molar-refractivity contribution < 1.29 is 29.3 Å². The Morgan fingerprint density at radius 3 is 1.23 bits per heavy atom. The molecule has 0 rings (SSSR count). The van der Waals surface area contributed by atoms with E-state index in [2.05, 4.69) is 50.3 Å². The van der Waals surface area contributed by atoms with Gasteiger partial charge in [0.1, 0.15) is 30.2 Å². The van der Waals surface area contributed by atoms with Gasteiger partial charge in [-0.2, -0.15) is 0 Å². The highest BCUT2D eigenvalue weighted by Crippen LogP contribution is 2.20. The van der Waals surface area contributed by atoms with Crippen LogP contribution in [0.2, 0.25) is 0 Å². The van der Waals surface area contributed by atoms with E-state index >= 15 is 0 Å². The Bertz CT molecular complexity index is 1050. The minimum absolute atomic E-state index is 0.0531.